The Morgan fingerprint density at radius 3 is 2.71 bits per heavy atom. The Bertz CT molecular complexity index is 632. The molecule has 0 unspecified atom stereocenters. The first-order chi connectivity index (χ1) is 10.2. The van der Waals surface area contributed by atoms with Crippen molar-refractivity contribution in [2.24, 2.45) is 0 Å². The van der Waals surface area contributed by atoms with Gasteiger partial charge in [-0.15, -0.1) is 0 Å². The molecule has 2 aromatic rings. The molecule has 0 bridgehead atoms. The topological polar surface area (TPSA) is 76.1 Å². The standard InChI is InChI=1S/C13H15BrN6O/c1-15-11-17-12(20-4-2-3-5-20)19-13(18-11)21-10-6-9(14)7-16-8-10/h6-8H,2-5H2,1H3,(H,15,17,18,19). The van der Waals surface area contributed by atoms with Gasteiger partial charge in [-0.25, -0.2) is 0 Å². The van der Waals surface area contributed by atoms with Gasteiger partial charge in [-0.3, -0.25) is 4.98 Å². The van der Waals surface area contributed by atoms with E-state index in [1.807, 2.05) is 6.07 Å². The minimum absolute atomic E-state index is 0.260. The minimum Gasteiger partial charge on any atom is -0.422 e. The SMILES string of the molecule is CNc1nc(Oc2cncc(Br)c2)nc(N2CCCC2)n1. The molecule has 1 N–H and O–H groups in total. The number of ether oxygens (including phenoxy) is 1. The summed E-state index contributed by atoms with van der Waals surface area (Å²) < 4.78 is 6.52. The van der Waals surface area contributed by atoms with Crippen LogP contribution in [-0.4, -0.2) is 40.1 Å². The number of halogens is 1. The molecular formula is C13H15BrN6O. The first-order valence-electron chi connectivity index (χ1n) is 6.72. The van der Waals surface area contributed by atoms with Crippen LogP contribution in [-0.2, 0) is 0 Å². The van der Waals surface area contributed by atoms with E-state index in [0.29, 0.717) is 17.6 Å². The lowest BCUT2D eigenvalue weighted by Crippen LogP contribution is -2.21. The summed E-state index contributed by atoms with van der Waals surface area (Å²) in [7, 11) is 1.77. The van der Waals surface area contributed by atoms with Crippen molar-refractivity contribution in [3.63, 3.8) is 0 Å². The first-order valence-corrected chi connectivity index (χ1v) is 7.51. The molecule has 110 valence electrons. The van der Waals surface area contributed by atoms with Gasteiger partial charge in [0.2, 0.25) is 11.9 Å². The highest BCUT2D eigenvalue weighted by Crippen LogP contribution is 2.24. The maximum absolute atomic E-state index is 5.68. The number of hydrogen-bond donors (Lipinski definition) is 1. The average molecular weight is 351 g/mol. The zero-order valence-electron chi connectivity index (χ0n) is 11.6. The number of nitrogens with zero attached hydrogens (tertiary/aromatic N) is 5. The Labute approximate surface area is 130 Å². The molecule has 1 aliphatic heterocycles. The third-order valence-electron chi connectivity index (χ3n) is 3.10. The van der Waals surface area contributed by atoms with Crippen molar-refractivity contribution in [2.75, 3.05) is 30.4 Å². The second kappa shape index (κ2) is 6.21. The van der Waals surface area contributed by atoms with Crippen molar-refractivity contribution in [1.82, 2.24) is 19.9 Å². The fraction of sp³-hybridized carbons (Fsp3) is 0.385. The van der Waals surface area contributed by atoms with Crippen molar-refractivity contribution in [3.8, 4) is 11.8 Å². The van der Waals surface area contributed by atoms with Crippen LogP contribution >= 0.6 is 15.9 Å². The van der Waals surface area contributed by atoms with Gasteiger partial charge >= 0.3 is 6.01 Å². The first kappa shape index (κ1) is 14.0. The Hall–Kier alpha value is -1.96. The molecule has 1 saturated heterocycles. The van der Waals surface area contributed by atoms with Gasteiger partial charge in [0.25, 0.3) is 0 Å². The molecule has 1 aliphatic rings. The third kappa shape index (κ3) is 3.38. The van der Waals surface area contributed by atoms with Crippen LogP contribution < -0.4 is 15.0 Å². The lowest BCUT2D eigenvalue weighted by molar-refractivity contribution is 0.438. The molecule has 3 heterocycles. The Balaban J connectivity index is 1.88. The number of nitrogens with one attached hydrogen (secondary N) is 1. The molecule has 3 rings (SSSR count). The monoisotopic (exact) mass is 350 g/mol. The van der Waals surface area contributed by atoms with Crippen LogP contribution in [0.2, 0.25) is 0 Å². The quantitative estimate of drug-likeness (QED) is 0.907. The minimum atomic E-state index is 0.260. The van der Waals surface area contributed by atoms with E-state index in [-0.39, 0.29) is 6.01 Å². The van der Waals surface area contributed by atoms with Crippen LogP contribution in [0.5, 0.6) is 11.8 Å². The summed E-state index contributed by atoms with van der Waals surface area (Å²) in [6.45, 7) is 1.93. The molecular weight excluding hydrogens is 336 g/mol. The highest BCUT2D eigenvalue weighted by molar-refractivity contribution is 9.10. The predicted octanol–water partition coefficient (Wildman–Crippen LogP) is 2.46. The van der Waals surface area contributed by atoms with Gasteiger partial charge in [0, 0.05) is 30.8 Å². The van der Waals surface area contributed by atoms with E-state index >= 15 is 0 Å². The number of aromatic nitrogens is 4. The van der Waals surface area contributed by atoms with Crippen molar-refractivity contribution in [2.45, 2.75) is 12.8 Å². The molecule has 0 aliphatic carbocycles. The second-order valence-corrected chi connectivity index (χ2v) is 5.54. The molecule has 0 spiro atoms. The third-order valence-corrected chi connectivity index (χ3v) is 3.54. The van der Waals surface area contributed by atoms with Crippen LogP contribution in [0.1, 0.15) is 12.8 Å². The summed E-state index contributed by atoms with van der Waals surface area (Å²) in [5.74, 6) is 1.71. The molecule has 0 aromatic carbocycles. The van der Waals surface area contributed by atoms with Crippen LogP contribution in [0.4, 0.5) is 11.9 Å². The van der Waals surface area contributed by atoms with Crippen molar-refractivity contribution >= 4 is 27.8 Å². The highest BCUT2D eigenvalue weighted by Gasteiger charge is 2.18. The summed E-state index contributed by atoms with van der Waals surface area (Å²) >= 11 is 3.36. The maximum atomic E-state index is 5.68. The molecule has 1 fully saturated rings. The number of rotatable bonds is 4. The normalized spacial score (nSPS) is 14.3. The van der Waals surface area contributed by atoms with Gasteiger partial charge in [-0.05, 0) is 34.8 Å². The van der Waals surface area contributed by atoms with Gasteiger partial charge in [-0.1, -0.05) is 0 Å². The molecule has 0 atom stereocenters. The average Bonchev–Trinajstić information content (AvgIpc) is 3.01. The fourth-order valence-corrected chi connectivity index (χ4v) is 2.46. The van der Waals surface area contributed by atoms with E-state index in [0.717, 1.165) is 30.4 Å². The summed E-state index contributed by atoms with van der Waals surface area (Å²) in [5.41, 5.74) is 0. The van der Waals surface area contributed by atoms with Gasteiger partial charge in [0.1, 0.15) is 0 Å². The van der Waals surface area contributed by atoms with Crippen LogP contribution in [0.15, 0.2) is 22.9 Å². The van der Waals surface area contributed by atoms with Gasteiger partial charge < -0.3 is 15.0 Å². The van der Waals surface area contributed by atoms with E-state index < -0.39 is 0 Å². The summed E-state index contributed by atoms with van der Waals surface area (Å²) in [6.07, 6.45) is 5.62. The number of pyridine rings is 1. The van der Waals surface area contributed by atoms with Gasteiger partial charge in [0.05, 0.1) is 6.20 Å². The van der Waals surface area contributed by atoms with E-state index in [9.17, 15) is 0 Å². The Morgan fingerprint density at radius 1 is 1.19 bits per heavy atom. The number of hydrogen-bond acceptors (Lipinski definition) is 7. The lowest BCUT2D eigenvalue weighted by Gasteiger charge is -2.16. The summed E-state index contributed by atoms with van der Waals surface area (Å²) in [5, 5.41) is 2.93. The second-order valence-electron chi connectivity index (χ2n) is 4.63. The molecule has 0 amide bonds. The van der Waals surface area contributed by atoms with E-state index in [2.05, 4.69) is 46.1 Å². The molecule has 7 nitrogen and oxygen atoms in total. The summed E-state index contributed by atoms with van der Waals surface area (Å²) in [6, 6.07) is 2.07. The van der Waals surface area contributed by atoms with Crippen LogP contribution in [0.25, 0.3) is 0 Å². The maximum Gasteiger partial charge on any atom is 0.328 e. The smallest absolute Gasteiger partial charge is 0.328 e. The number of anilines is 2. The van der Waals surface area contributed by atoms with Crippen molar-refractivity contribution in [1.29, 1.82) is 0 Å². The molecule has 0 radical (unpaired) electrons. The van der Waals surface area contributed by atoms with Gasteiger partial charge in [-0.2, -0.15) is 15.0 Å². The highest BCUT2D eigenvalue weighted by atomic mass is 79.9. The van der Waals surface area contributed by atoms with Crippen molar-refractivity contribution < 1.29 is 4.74 Å². The fourth-order valence-electron chi connectivity index (χ4n) is 2.12. The van der Waals surface area contributed by atoms with E-state index in [1.165, 1.54) is 0 Å². The molecule has 21 heavy (non-hydrogen) atoms. The molecule has 0 saturated carbocycles. The van der Waals surface area contributed by atoms with Crippen LogP contribution in [0.3, 0.4) is 0 Å². The van der Waals surface area contributed by atoms with E-state index in [4.69, 9.17) is 4.74 Å². The Morgan fingerprint density at radius 2 is 2.00 bits per heavy atom. The lowest BCUT2D eigenvalue weighted by atomic mass is 10.4. The van der Waals surface area contributed by atoms with Gasteiger partial charge in [0.15, 0.2) is 5.75 Å². The zero-order chi connectivity index (χ0) is 14.7. The molecule has 8 heteroatoms. The summed E-state index contributed by atoms with van der Waals surface area (Å²) in [4.78, 5) is 19.2. The Kier molecular flexibility index (Phi) is 4.14. The van der Waals surface area contributed by atoms with E-state index in [1.54, 1.807) is 19.4 Å². The zero-order valence-corrected chi connectivity index (χ0v) is 13.2. The van der Waals surface area contributed by atoms with Crippen LogP contribution in [0, 0.1) is 0 Å². The predicted molar refractivity (Wildman–Crippen MR) is 82.8 cm³/mol. The largest absolute Gasteiger partial charge is 0.422 e. The van der Waals surface area contributed by atoms with Crippen molar-refractivity contribution in [3.05, 3.63) is 22.9 Å². The molecule has 2 aromatic heterocycles.